The zero-order valence-electron chi connectivity index (χ0n) is 11.6. The van der Waals surface area contributed by atoms with Gasteiger partial charge in [0.15, 0.2) is 5.54 Å². The van der Waals surface area contributed by atoms with Gasteiger partial charge in [-0.2, -0.15) is 0 Å². The monoisotopic (exact) mass is 279 g/mol. The Balaban J connectivity index is 2.65. The molecule has 7 heteroatoms. The largest absolute Gasteiger partial charge is 0.496 e. The standard InChI is InChI=1S/C13H17N3O4/c1-7-9(19-2)5-4-8(10(7)20-3)13(6-14)11(17)15-12(18)16-13/h4-5H,6,14H2,1-3H3,(H2,15,16,17,18). The van der Waals surface area contributed by atoms with Gasteiger partial charge in [0.25, 0.3) is 5.91 Å². The summed E-state index contributed by atoms with van der Waals surface area (Å²) in [6.45, 7) is 1.73. The molecule has 1 fully saturated rings. The van der Waals surface area contributed by atoms with Gasteiger partial charge in [-0.1, -0.05) is 0 Å². The van der Waals surface area contributed by atoms with Crippen molar-refractivity contribution in [3.63, 3.8) is 0 Å². The lowest BCUT2D eigenvalue weighted by molar-refractivity contribution is -0.124. The first-order chi connectivity index (χ1) is 9.50. The molecule has 0 aliphatic carbocycles. The van der Waals surface area contributed by atoms with Gasteiger partial charge in [0.2, 0.25) is 0 Å². The number of urea groups is 1. The molecular formula is C13H17N3O4. The number of methoxy groups -OCH3 is 2. The summed E-state index contributed by atoms with van der Waals surface area (Å²) in [6, 6.07) is 2.81. The van der Waals surface area contributed by atoms with Crippen LogP contribution in [0.3, 0.4) is 0 Å². The summed E-state index contributed by atoms with van der Waals surface area (Å²) in [5, 5.41) is 4.78. The van der Waals surface area contributed by atoms with Crippen molar-refractivity contribution >= 4 is 11.9 Å². The number of amides is 3. The Morgan fingerprint density at radius 1 is 1.25 bits per heavy atom. The third-order valence-corrected chi connectivity index (χ3v) is 3.49. The van der Waals surface area contributed by atoms with E-state index in [1.165, 1.54) is 7.11 Å². The van der Waals surface area contributed by atoms with Gasteiger partial charge in [-0.3, -0.25) is 10.1 Å². The molecule has 0 aromatic heterocycles. The van der Waals surface area contributed by atoms with E-state index >= 15 is 0 Å². The second-order valence-electron chi connectivity index (χ2n) is 4.49. The van der Waals surface area contributed by atoms with E-state index in [0.29, 0.717) is 17.1 Å². The van der Waals surface area contributed by atoms with Crippen LogP contribution in [0.5, 0.6) is 11.5 Å². The SMILES string of the molecule is COc1ccc(C2(CN)NC(=O)NC2=O)c(OC)c1C. The summed E-state index contributed by atoms with van der Waals surface area (Å²) in [7, 11) is 3.04. The molecule has 2 rings (SSSR count). The molecular weight excluding hydrogens is 262 g/mol. The summed E-state index contributed by atoms with van der Waals surface area (Å²) in [6.07, 6.45) is 0. The first kappa shape index (κ1) is 14.1. The summed E-state index contributed by atoms with van der Waals surface area (Å²) in [5.74, 6) is 0.600. The molecule has 1 aliphatic rings. The van der Waals surface area contributed by atoms with Crippen molar-refractivity contribution in [1.29, 1.82) is 0 Å². The number of imide groups is 1. The molecule has 1 aromatic rings. The van der Waals surface area contributed by atoms with Gasteiger partial charge in [-0.05, 0) is 19.1 Å². The summed E-state index contributed by atoms with van der Waals surface area (Å²) < 4.78 is 10.6. The highest BCUT2D eigenvalue weighted by Gasteiger charge is 2.48. The number of nitrogens with one attached hydrogen (secondary N) is 2. The molecule has 0 spiro atoms. The van der Waals surface area contributed by atoms with Crippen LogP contribution in [0.1, 0.15) is 11.1 Å². The topological polar surface area (TPSA) is 103 Å². The zero-order chi connectivity index (χ0) is 14.9. The number of nitrogens with two attached hydrogens (primary N) is 1. The Labute approximate surface area is 116 Å². The van der Waals surface area contributed by atoms with Crippen molar-refractivity contribution in [2.24, 2.45) is 5.73 Å². The molecule has 1 aromatic carbocycles. The van der Waals surface area contributed by atoms with Gasteiger partial charge in [0.1, 0.15) is 11.5 Å². The van der Waals surface area contributed by atoms with E-state index in [-0.39, 0.29) is 6.54 Å². The molecule has 0 radical (unpaired) electrons. The van der Waals surface area contributed by atoms with Crippen molar-refractivity contribution in [2.75, 3.05) is 20.8 Å². The third-order valence-electron chi connectivity index (χ3n) is 3.49. The average molecular weight is 279 g/mol. The van der Waals surface area contributed by atoms with Crippen LogP contribution >= 0.6 is 0 Å². The molecule has 0 bridgehead atoms. The van der Waals surface area contributed by atoms with Crippen molar-refractivity contribution in [1.82, 2.24) is 10.6 Å². The van der Waals surface area contributed by atoms with Gasteiger partial charge in [-0.25, -0.2) is 4.79 Å². The number of hydrogen-bond acceptors (Lipinski definition) is 5. The predicted molar refractivity (Wildman–Crippen MR) is 71.7 cm³/mol. The van der Waals surface area contributed by atoms with E-state index in [4.69, 9.17) is 15.2 Å². The molecule has 1 aliphatic heterocycles. The van der Waals surface area contributed by atoms with E-state index in [2.05, 4.69) is 10.6 Å². The molecule has 0 saturated carbocycles. The van der Waals surface area contributed by atoms with Crippen molar-refractivity contribution < 1.29 is 19.1 Å². The summed E-state index contributed by atoms with van der Waals surface area (Å²) >= 11 is 0. The minimum absolute atomic E-state index is 0.0767. The first-order valence-corrected chi connectivity index (χ1v) is 6.06. The fraction of sp³-hybridized carbons (Fsp3) is 0.385. The number of benzene rings is 1. The first-order valence-electron chi connectivity index (χ1n) is 6.06. The van der Waals surface area contributed by atoms with Gasteiger partial charge in [-0.15, -0.1) is 0 Å². The lowest BCUT2D eigenvalue weighted by Gasteiger charge is -2.27. The maximum absolute atomic E-state index is 12.1. The molecule has 108 valence electrons. The van der Waals surface area contributed by atoms with Crippen LogP contribution in [-0.2, 0) is 10.3 Å². The fourth-order valence-corrected chi connectivity index (χ4v) is 2.43. The van der Waals surface area contributed by atoms with E-state index in [0.717, 1.165) is 5.56 Å². The van der Waals surface area contributed by atoms with Crippen molar-refractivity contribution in [3.8, 4) is 11.5 Å². The maximum atomic E-state index is 12.1. The maximum Gasteiger partial charge on any atom is 0.322 e. The summed E-state index contributed by atoms with van der Waals surface area (Å²) in [4.78, 5) is 23.6. The smallest absolute Gasteiger partial charge is 0.322 e. The molecule has 20 heavy (non-hydrogen) atoms. The molecule has 1 saturated heterocycles. The van der Waals surface area contributed by atoms with E-state index in [1.54, 1.807) is 26.2 Å². The van der Waals surface area contributed by atoms with Crippen LogP contribution in [0.25, 0.3) is 0 Å². The van der Waals surface area contributed by atoms with E-state index < -0.39 is 17.5 Å². The second-order valence-corrected chi connectivity index (χ2v) is 4.49. The van der Waals surface area contributed by atoms with Crippen LogP contribution in [0.2, 0.25) is 0 Å². The molecule has 1 heterocycles. The number of ether oxygens (including phenoxy) is 2. The number of carbonyl (C=O) groups excluding carboxylic acids is 2. The lowest BCUT2D eigenvalue weighted by Crippen LogP contribution is -2.50. The minimum Gasteiger partial charge on any atom is -0.496 e. The fourth-order valence-electron chi connectivity index (χ4n) is 2.43. The molecule has 7 nitrogen and oxygen atoms in total. The van der Waals surface area contributed by atoms with E-state index in [9.17, 15) is 9.59 Å². The second kappa shape index (κ2) is 5.01. The Kier molecular flexibility index (Phi) is 3.54. The third kappa shape index (κ3) is 1.87. The Morgan fingerprint density at radius 2 is 1.95 bits per heavy atom. The van der Waals surface area contributed by atoms with Crippen LogP contribution < -0.4 is 25.8 Å². The normalized spacial score (nSPS) is 21.4. The van der Waals surface area contributed by atoms with Crippen molar-refractivity contribution in [3.05, 3.63) is 23.3 Å². The van der Waals surface area contributed by atoms with Gasteiger partial charge in [0, 0.05) is 17.7 Å². The Bertz CT molecular complexity index is 573. The Morgan fingerprint density at radius 3 is 2.40 bits per heavy atom. The number of hydrogen-bond donors (Lipinski definition) is 3. The van der Waals surface area contributed by atoms with E-state index in [1.807, 2.05) is 0 Å². The molecule has 3 amide bonds. The molecule has 1 atom stereocenters. The highest BCUT2D eigenvalue weighted by molar-refractivity contribution is 6.08. The lowest BCUT2D eigenvalue weighted by atomic mass is 9.87. The quantitative estimate of drug-likeness (QED) is 0.673. The summed E-state index contributed by atoms with van der Waals surface area (Å²) in [5.41, 5.74) is 5.65. The highest BCUT2D eigenvalue weighted by atomic mass is 16.5. The van der Waals surface area contributed by atoms with Gasteiger partial charge < -0.3 is 20.5 Å². The van der Waals surface area contributed by atoms with Crippen LogP contribution in [-0.4, -0.2) is 32.7 Å². The van der Waals surface area contributed by atoms with Crippen LogP contribution in [0, 0.1) is 6.92 Å². The predicted octanol–water partition coefficient (Wildman–Crippen LogP) is 0.00562. The number of carbonyl (C=O) groups is 2. The minimum atomic E-state index is -1.32. The van der Waals surface area contributed by atoms with Gasteiger partial charge >= 0.3 is 6.03 Å². The molecule has 4 N–H and O–H groups in total. The van der Waals surface area contributed by atoms with Crippen molar-refractivity contribution in [2.45, 2.75) is 12.5 Å². The van der Waals surface area contributed by atoms with Crippen LogP contribution in [0.4, 0.5) is 4.79 Å². The number of rotatable bonds is 4. The Hall–Kier alpha value is -2.28. The highest BCUT2D eigenvalue weighted by Crippen LogP contribution is 2.38. The molecule has 1 unspecified atom stereocenters. The van der Waals surface area contributed by atoms with Gasteiger partial charge in [0.05, 0.1) is 14.2 Å². The average Bonchev–Trinajstić information content (AvgIpc) is 2.73. The van der Waals surface area contributed by atoms with Crippen LogP contribution in [0.15, 0.2) is 12.1 Å². The zero-order valence-corrected chi connectivity index (χ0v) is 11.6.